The molecule has 3 aromatic carbocycles. The minimum Gasteiger partial charge on any atom is -0.507 e. The average Bonchev–Trinajstić information content (AvgIpc) is 3.04. The summed E-state index contributed by atoms with van der Waals surface area (Å²) in [5.41, 5.74) is -0.000272. The molecule has 4 rings (SSSR count). The highest BCUT2D eigenvalue weighted by atomic mass is 19.1. The number of hydrogen-bond donors (Lipinski definition) is 2. The molecule has 0 aliphatic carbocycles. The van der Waals surface area contributed by atoms with Crippen LogP contribution in [0.4, 0.5) is 10.1 Å². The molecule has 1 unspecified atom stereocenters. The van der Waals surface area contributed by atoms with Crippen molar-refractivity contribution in [1.29, 1.82) is 0 Å². The number of carbonyl (C=O) groups excluding carboxylic acids is 2. The number of para-hydroxylation sites is 2. The molecule has 1 aliphatic heterocycles. The van der Waals surface area contributed by atoms with Gasteiger partial charge in [-0.1, -0.05) is 42.5 Å². The maximum absolute atomic E-state index is 14.9. The number of aromatic hydroxyl groups is 1. The zero-order valence-corrected chi connectivity index (χ0v) is 18.0. The van der Waals surface area contributed by atoms with Crippen LogP contribution in [-0.4, -0.2) is 28.0 Å². The number of ether oxygens (including phenoxy) is 1. The van der Waals surface area contributed by atoms with E-state index >= 15 is 0 Å². The zero-order valence-electron chi connectivity index (χ0n) is 18.0. The van der Waals surface area contributed by atoms with Crippen LogP contribution in [0.1, 0.15) is 31.0 Å². The van der Waals surface area contributed by atoms with E-state index in [1.54, 1.807) is 42.5 Å². The number of ketones is 1. The molecule has 0 spiro atoms. The molecule has 6 nitrogen and oxygen atoms in total. The van der Waals surface area contributed by atoms with Crippen molar-refractivity contribution in [3.63, 3.8) is 0 Å². The summed E-state index contributed by atoms with van der Waals surface area (Å²) in [4.78, 5) is 27.2. The Labute approximate surface area is 190 Å². The summed E-state index contributed by atoms with van der Waals surface area (Å²) in [5, 5.41) is 21.5. The lowest BCUT2D eigenvalue weighted by atomic mass is 9.94. The van der Waals surface area contributed by atoms with Gasteiger partial charge in [0.2, 0.25) is 0 Å². The van der Waals surface area contributed by atoms with Gasteiger partial charge in [-0.25, -0.2) is 4.39 Å². The zero-order chi connectivity index (χ0) is 23.7. The van der Waals surface area contributed by atoms with Crippen LogP contribution >= 0.6 is 0 Å². The Balaban J connectivity index is 1.95. The highest BCUT2D eigenvalue weighted by molar-refractivity contribution is 6.51. The lowest BCUT2D eigenvalue weighted by Crippen LogP contribution is -2.29. The molecule has 33 heavy (non-hydrogen) atoms. The minimum atomic E-state index is -1.28. The maximum Gasteiger partial charge on any atom is 0.300 e. The SMILES string of the molecule is CC(C)Oc1cccc(/C(O)=C2\C(=O)C(=O)N(c3ccccc3O)C2c2ccccc2F)c1. The number of phenolic OH excluding ortho intramolecular Hbond substituents is 1. The van der Waals surface area contributed by atoms with Gasteiger partial charge in [-0.3, -0.25) is 14.5 Å². The molecule has 0 aromatic heterocycles. The van der Waals surface area contributed by atoms with Crippen molar-refractivity contribution in [3.8, 4) is 11.5 Å². The fourth-order valence-electron chi connectivity index (χ4n) is 3.88. The summed E-state index contributed by atoms with van der Waals surface area (Å²) in [6, 6.07) is 16.8. The number of phenols is 1. The topological polar surface area (TPSA) is 87.1 Å². The van der Waals surface area contributed by atoms with Gasteiger partial charge in [0.15, 0.2) is 0 Å². The fourth-order valence-corrected chi connectivity index (χ4v) is 3.88. The van der Waals surface area contributed by atoms with E-state index in [1.807, 2.05) is 13.8 Å². The molecule has 1 fully saturated rings. The summed E-state index contributed by atoms with van der Waals surface area (Å²) >= 11 is 0. The molecule has 0 saturated carbocycles. The molecule has 2 N–H and O–H groups in total. The second-order valence-corrected chi connectivity index (χ2v) is 7.87. The average molecular weight is 447 g/mol. The van der Waals surface area contributed by atoms with E-state index in [4.69, 9.17) is 4.74 Å². The highest BCUT2D eigenvalue weighted by Gasteiger charge is 2.48. The van der Waals surface area contributed by atoms with Crippen LogP contribution in [0.15, 0.2) is 78.4 Å². The van der Waals surface area contributed by atoms with Crippen molar-refractivity contribution in [2.75, 3.05) is 4.90 Å². The van der Waals surface area contributed by atoms with Crippen molar-refractivity contribution in [1.82, 2.24) is 0 Å². The number of benzene rings is 3. The number of rotatable bonds is 5. The van der Waals surface area contributed by atoms with Crippen LogP contribution < -0.4 is 9.64 Å². The van der Waals surface area contributed by atoms with E-state index in [0.717, 1.165) is 4.90 Å². The standard InChI is InChI=1S/C26H22FNO5/c1-15(2)33-17-9-7-8-16(14-17)24(30)22-23(18-10-3-4-11-19(18)27)28(26(32)25(22)31)20-12-5-6-13-21(20)29/h3-15,23,29-30H,1-2H3/b24-22+. The van der Waals surface area contributed by atoms with Crippen LogP contribution in [-0.2, 0) is 9.59 Å². The first-order valence-corrected chi connectivity index (χ1v) is 10.4. The predicted molar refractivity (Wildman–Crippen MR) is 121 cm³/mol. The Morgan fingerprint density at radius 3 is 2.39 bits per heavy atom. The molecule has 168 valence electrons. The van der Waals surface area contributed by atoms with Gasteiger partial charge in [0.25, 0.3) is 11.7 Å². The van der Waals surface area contributed by atoms with E-state index in [2.05, 4.69) is 0 Å². The van der Waals surface area contributed by atoms with Crippen molar-refractivity contribution < 1.29 is 28.9 Å². The van der Waals surface area contributed by atoms with E-state index in [0.29, 0.717) is 5.75 Å². The van der Waals surface area contributed by atoms with Crippen LogP contribution in [0.5, 0.6) is 11.5 Å². The molecular formula is C26H22FNO5. The molecule has 3 aromatic rings. The van der Waals surface area contributed by atoms with Crippen LogP contribution in [0.2, 0.25) is 0 Å². The Bertz CT molecular complexity index is 1270. The lowest BCUT2D eigenvalue weighted by Gasteiger charge is -2.26. The van der Waals surface area contributed by atoms with E-state index in [9.17, 15) is 24.2 Å². The quantitative estimate of drug-likeness (QED) is 0.329. The maximum atomic E-state index is 14.9. The number of Topliss-reactive ketones (excluding diaryl/α,β-unsaturated/α-hetero) is 1. The monoisotopic (exact) mass is 447 g/mol. The largest absolute Gasteiger partial charge is 0.507 e. The Hall–Kier alpha value is -4.13. The second-order valence-electron chi connectivity index (χ2n) is 7.87. The first-order chi connectivity index (χ1) is 15.8. The van der Waals surface area contributed by atoms with Gasteiger partial charge >= 0.3 is 0 Å². The highest BCUT2D eigenvalue weighted by Crippen LogP contribution is 2.45. The Kier molecular flexibility index (Phi) is 5.87. The third-order valence-corrected chi connectivity index (χ3v) is 5.26. The van der Waals surface area contributed by atoms with E-state index < -0.39 is 29.3 Å². The number of nitrogens with zero attached hydrogens (tertiary/aromatic N) is 1. The number of halogens is 1. The fraction of sp³-hybridized carbons (Fsp3) is 0.154. The molecule has 0 radical (unpaired) electrons. The predicted octanol–water partition coefficient (Wildman–Crippen LogP) is 4.94. The Morgan fingerprint density at radius 2 is 1.70 bits per heavy atom. The van der Waals surface area contributed by atoms with Gasteiger partial charge in [0.05, 0.1) is 23.4 Å². The third-order valence-electron chi connectivity index (χ3n) is 5.26. The van der Waals surface area contributed by atoms with Crippen molar-refractivity contribution in [2.24, 2.45) is 0 Å². The number of aliphatic hydroxyl groups is 1. The van der Waals surface area contributed by atoms with Crippen LogP contribution in [0.3, 0.4) is 0 Å². The molecule has 1 amide bonds. The summed E-state index contributed by atoms with van der Waals surface area (Å²) in [6.45, 7) is 3.70. The number of aliphatic hydroxyl groups excluding tert-OH is 1. The molecule has 1 heterocycles. The second kappa shape index (κ2) is 8.78. The molecule has 7 heteroatoms. The van der Waals surface area contributed by atoms with Gasteiger partial charge in [0, 0.05) is 11.1 Å². The van der Waals surface area contributed by atoms with Gasteiger partial charge in [-0.05, 0) is 44.2 Å². The first-order valence-electron chi connectivity index (χ1n) is 10.4. The minimum absolute atomic E-state index is 0.0103. The van der Waals surface area contributed by atoms with E-state index in [-0.39, 0.29) is 34.2 Å². The molecule has 1 aliphatic rings. The van der Waals surface area contributed by atoms with Crippen LogP contribution in [0, 0.1) is 5.82 Å². The summed E-state index contributed by atoms with van der Waals surface area (Å²) in [5.74, 6) is -2.89. The molecule has 1 saturated heterocycles. The van der Waals surface area contributed by atoms with Gasteiger partial charge in [0.1, 0.15) is 23.1 Å². The van der Waals surface area contributed by atoms with Crippen molar-refractivity contribution >= 4 is 23.1 Å². The summed E-state index contributed by atoms with van der Waals surface area (Å²) < 4.78 is 20.6. The first kappa shape index (κ1) is 22.1. The number of anilines is 1. The van der Waals surface area contributed by atoms with Gasteiger partial charge < -0.3 is 14.9 Å². The normalized spacial score (nSPS) is 17.6. The van der Waals surface area contributed by atoms with Crippen molar-refractivity contribution in [3.05, 3.63) is 95.3 Å². The summed E-state index contributed by atoms with van der Waals surface area (Å²) in [7, 11) is 0. The van der Waals surface area contributed by atoms with Crippen LogP contribution in [0.25, 0.3) is 5.76 Å². The molecule has 0 bridgehead atoms. The van der Waals surface area contributed by atoms with Gasteiger partial charge in [-0.15, -0.1) is 0 Å². The Morgan fingerprint density at radius 1 is 1.00 bits per heavy atom. The molecular weight excluding hydrogens is 425 g/mol. The lowest BCUT2D eigenvalue weighted by molar-refractivity contribution is -0.132. The number of hydrogen-bond acceptors (Lipinski definition) is 5. The van der Waals surface area contributed by atoms with Gasteiger partial charge in [-0.2, -0.15) is 0 Å². The molecule has 1 atom stereocenters. The van der Waals surface area contributed by atoms with Crippen molar-refractivity contribution in [2.45, 2.75) is 26.0 Å². The summed E-state index contributed by atoms with van der Waals surface area (Å²) in [6.07, 6.45) is -0.118. The third kappa shape index (κ3) is 4.05. The van der Waals surface area contributed by atoms with E-state index in [1.165, 1.54) is 30.3 Å². The number of carbonyl (C=O) groups is 2. The smallest absolute Gasteiger partial charge is 0.300 e. The number of amides is 1.